The predicted octanol–water partition coefficient (Wildman–Crippen LogP) is 4.59. The zero-order valence-corrected chi connectivity index (χ0v) is 19.1. The summed E-state index contributed by atoms with van der Waals surface area (Å²) in [4.78, 5) is 27.6. The topological polar surface area (TPSA) is 58.6 Å². The van der Waals surface area contributed by atoms with Crippen molar-refractivity contribution in [2.75, 3.05) is 13.2 Å². The molecule has 2 unspecified atom stereocenters. The molecule has 168 valence electrons. The molecule has 0 bridgehead atoms. The molecule has 0 fully saturated rings. The summed E-state index contributed by atoms with van der Waals surface area (Å²) in [5, 5.41) is 5.00. The van der Waals surface area contributed by atoms with Crippen LogP contribution in [0.1, 0.15) is 32.8 Å². The molecule has 0 saturated heterocycles. The number of benzene rings is 3. The number of rotatable bonds is 10. The first-order valence-electron chi connectivity index (χ1n) is 11.2. The molecule has 5 nitrogen and oxygen atoms in total. The highest BCUT2D eigenvalue weighted by Gasteiger charge is 2.26. The van der Waals surface area contributed by atoms with Gasteiger partial charge in [0, 0.05) is 18.0 Å². The quantitative estimate of drug-likeness (QED) is 0.510. The molecule has 32 heavy (non-hydrogen) atoms. The Labute approximate surface area is 190 Å². The van der Waals surface area contributed by atoms with E-state index in [1.807, 2.05) is 86.6 Å². The Hall–Kier alpha value is -3.34. The number of carbonyl (C=O) groups excluding carboxylic acids is 2. The average Bonchev–Trinajstić information content (AvgIpc) is 2.83. The molecule has 2 amide bonds. The number of nitrogens with one attached hydrogen (secondary N) is 1. The van der Waals surface area contributed by atoms with Crippen LogP contribution in [0.5, 0.6) is 5.75 Å². The molecule has 0 aromatic heterocycles. The fourth-order valence-corrected chi connectivity index (χ4v) is 3.58. The van der Waals surface area contributed by atoms with Crippen molar-refractivity contribution in [1.29, 1.82) is 0 Å². The van der Waals surface area contributed by atoms with Gasteiger partial charge < -0.3 is 15.0 Å². The van der Waals surface area contributed by atoms with Crippen LogP contribution in [0.2, 0.25) is 0 Å². The minimum atomic E-state index is -0.587. The molecule has 0 radical (unpaired) electrons. The van der Waals surface area contributed by atoms with E-state index in [4.69, 9.17) is 4.74 Å². The summed E-state index contributed by atoms with van der Waals surface area (Å²) in [6.07, 6.45) is 1.50. The summed E-state index contributed by atoms with van der Waals surface area (Å²) < 4.78 is 5.92. The van der Waals surface area contributed by atoms with Crippen LogP contribution in [0.4, 0.5) is 0 Å². The van der Waals surface area contributed by atoms with Gasteiger partial charge in [-0.1, -0.05) is 73.7 Å². The molecule has 0 heterocycles. The van der Waals surface area contributed by atoms with Crippen LogP contribution in [0.25, 0.3) is 10.8 Å². The molecule has 3 aromatic carbocycles. The Balaban J connectivity index is 1.73. The highest BCUT2D eigenvalue weighted by Crippen LogP contribution is 2.25. The van der Waals surface area contributed by atoms with Crippen LogP contribution < -0.4 is 10.1 Å². The lowest BCUT2D eigenvalue weighted by Crippen LogP contribution is -2.51. The molecule has 0 aliphatic carbocycles. The largest absolute Gasteiger partial charge is 0.483 e. The van der Waals surface area contributed by atoms with E-state index in [0.717, 1.165) is 22.8 Å². The third-order valence-electron chi connectivity index (χ3n) is 5.75. The second kappa shape index (κ2) is 11.3. The van der Waals surface area contributed by atoms with E-state index in [1.165, 1.54) is 0 Å². The summed E-state index contributed by atoms with van der Waals surface area (Å²) in [7, 11) is 0. The maximum absolute atomic E-state index is 13.2. The van der Waals surface area contributed by atoms with Crippen LogP contribution in [0.3, 0.4) is 0 Å². The normalized spacial score (nSPS) is 12.7. The van der Waals surface area contributed by atoms with Gasteiger partial charge in [0.15, 0.2) is 6.61 Å². The number of ether oxygens (including phenoxy) is 1. The summed E-state index contributed by atoms with van der Waals surface area (Å²) in [5.41, 5.74) is 1.12. The maximum atomic E-state index is 13.2. The van der Waals surface area contributed by atoms with E-state index < -0.39 is 6.04 Å². The first-order valence-corrected chi connectivity index (χ1v) is 11.2. The lowest BCUT2D eigenvalue weighted by atomic mass is 10.1. The molecule has 0 spiro atoms. The fraction of sp³-hybridized carbons (Fsp3) is 0.333. The van der Waals surface area contributed by atoms with Gasteiger partial charge in [0.05, 0.1) is 0 Å². The molecule has 0 aliphatic rings. The molecule has 3 aromatic rings. The van der Waals surface area contributed by atoms with Gasteiger partial charge in [-0.2, -0.15) is 0 Å². The van der Waals surface area contributed by atoms with Crippen LogP contribution in [-0.4, -0.2) is 41.9 Å². The van der Waals surface area contributed by atoms with Crippen molar-refractivity contribution in [1.82, 2.24) is 10.2 Å². The number of hydrogen-bond donors (Lipinski definition) is 1. The standard InChI is InChI=1S/C27H32N2O3/c1-4-20(2)28-27(31)21(3)29(18-17-22-11-6-5-7-12-22)26(30)19-32-25-16-10-14-23-13-8-9-15-24(23)25/h5-16,20-21H,4,17-19H2,1-3H3,(H,28,31). The molecular formula is C27H32N2O3. The zero-order chi connectivity index (χ0) is 22.9. The average molecular weight is 433 g/mol. The number of nitrogens with zero attached hydrogens (tertiary/aromatic N) is 1. The van der Waals surface area contributed by atoms with E-state index >= 15 is 0 Å². The van der Waals surface area contributed by atoms with Gasteiger partial charge in [-0.15, -0.1) is 0 Å². The molecule has 5 heteroatoms. The number of hydrogen-bond acceptors (Lipinski definition) is 3. The van der Waals surface area contributed by atoms with Crippen molar-refractivity contribution < 1.29 is 14.3 Å². The van der Waals surface area contributed by atoms with Crippen LogP contribution >= 0.6 is 0 Å². The van der Waals surface area contributed by atoms with Crippen molar-refractivity contribution in [2.45, 2.75) is 45.7 Å². The minimum absolute atomic E-state index is 0.0583. The zero-order valence-electron chi connectivity index (χ0n) is 19.1. The molecule has 0 aliphatic heterocycles. The van der Waals surface area contributed by atoms with E-state index in [2.05, 4.69) is 5.32 Å². The Morgan fingerprint density at radius 1 is 0.938 bits per heavy atom. The van der Waals surface area contributed by atoms with Crippen LogP contribution in [0, 0.1) is 0 Å². The SMILES string of the molecule is CCC(C)NC(=O)C(C)N(CCc1ccccc1)C(=O)COc1cccc2ccccc12. The van der Waals surface area contributed by atoms with Gasteiger partial charge in [0.2, 0.25) is 5.91 Å². The molecule has 1 N–H and O–H groups in total. The highest BCUT2D eigenvalue weighted by molar-refractivity contribution is 5.90. The van der Waals surface area contributed by atoms with Gasteiger partial charge in [-0.3, -0.25) is 9.59 Å². The van der Waals surface area contributed by atoms with Crippen molar-refractivity contribution in [3.05, 3.63) is 78.4 Å². The van der Waals surface area contributed by atoms with E-state index in [-0.39, 0.29) is 24.5 Å². The number of fused-ring (bicyclic) bond motifs is 1. The Morgan fingerprint density at radius 2 is 1.62 bits per heavy atom. The second-order valence-electron chi connectivity index (χ2n) is 8.08. The van der Waals surface area contributed by atoms with Gasteiger partial charge in [-0.05, 0) is 43.7 Å². The van der Waals surface area contributed by atoms with E-state index in [1.54, 1.807) is 11.8 Å². The Kier molecular flexibility index (Phi) is 8.26. The van der Waals surface area contributed by atoms with Crippen molar-refractivity contribution in [3.63, 3.8) is 0 Å². The number of carbonyl (C=O) groups is 2. The van der Waals surface area contributed by atoms with Crippen molar-refractivity contribution >= 4 is 22.6 Å². The van der Waals surface area contributed by atoms with Crippen molar-refractivity contribution in [2.24, 2.45) is 0 Å². The van der Waals surface area contributed by atoms with Gasteiger partial charge in [-0.25, -0.2) is 0 Å². The lowest BCUT2D eigenvalue weighted by Gasteiger charge is -2.29. The first-order chi connectivity index (χ1) is 15.5. The summed E-state index contributed by atoms with van der Waals surface area (Å²) in [6.45, 7) is 6.08. The van der Waals surface area contributed by atoms with Crippen molar-refractivity contribution in [3.8, 4) is 5.75 Å². The summed E-state index contributed by atoms with van der Waals surface area (Å²) in [5.74, 6) is 0.308. The molecular weight excluding hydrogens is 400 g/mol. The highest BCUT2D eigenvalue weighted by atomic mass is 16.5. The minimum Gasteiger partial charge on any atom is -0.483 e. The van der Waals surface area contributed by atoms with Gasteiger partial charge in [0.1, 0.15) is 11.8 Å². The smallest absolute Gasteiger partial charge is 0.261 e. The first kappa shape index (κ1) is 23.3. The van der Waals surface area contributed by atoms with Gasteiger partial charge >= 0.3 is 0 Å². The van der Waals surface area contributed by atoms with E-state index in [0.29, 0.717) is 18.7 Å². The maximum Gasteiger partial charge on any atom is 0.261 e. The predicted molar refractivity (Wildman–Crippen MR) is 129 cm³/mol. The number of amides is 2. The van der Waals surface area contributed by atoms with Crippen LogP contribution in [0.15, 0.2) is 72.8 Å². The Morgan fingerprint density at radius 3 is 2.38 bits per heavy atom. The third kappa shape index (κ3) is 6.10. The summed E-state index contributed by atoms with van der Waals surface area (Å²) >= 11 is 0. The molecule has 3 rings (SSSR count). The second-order valence-corrected chi connectivity index (χ2v) is 8.08. The van der Waals surface area contributed by atoms with E-state index in [9.17, 15) is 9.59 Å². The van der Waals surface area contributed by atoms with Crippen LogP contribution in [-0.2, 0) is 16.0 Å². The fourth-order valence-electron chi connectivity index (χ4n) is 3.58. The third-order valence-corrected chi connectivity index (χ3v) is 5.75. The molecule has 2 atom stereocenters. The lowest BCUT2D eigenvalue weighted by molar-refractivity contribution is -0.141. The monoisotopic (exact) mass is 432 g/mol. The van der Waals surface area contributed by atoms with Gasteiger partial charge in [0.25, 0.3) is 5.91 Å². The summed E-state index contributed by atoms with van der Waals surface area (Å²) in [6, 6.07) is 23.1. The Bertz CT molecular complexity index is 1030. The molecule has 0 saturated carbocycles.